The second kappa shape index (κ2) is 5.30. The average molecular weight is 274 g/mol. The number of ether oxygens (including phenoxy) is 1. The van der Waals surface area contributed by atoms with Crippen LogP contribution in [-0.4, -0.2) is 36.2 Å². The minimum Gasteiger partial charge on any atom is -0.497 e. The molecule has 1 saturated heterocycles. The smallest absolute Gasteiger partial charge is 0.245 e. The third-order valence-corrected chi connectivity index (χ3v) is 3.08. The summed E-state index contributed by atoms with van der Waals surface area (Å²) in [5, 5.41) is 9.75. The zero-order valence-electron chi connectivity index (χ0n) is 10.9. The van der Waals surface area contributed by atoms with Gasteiger partial charge in [-0.1, -0.05) is 17.3 Å². The highest BCUT2D eigenvalue weighted by Gasteiger charge is 2.24. The number of piperazine rings is 1. The fourth-order valence-electron chi connectivity index (χ4n) is 2.00. The first-order chi connectivity index (χ1) is 9.76. The molecule has 1 aliphatic heterocycles. The normalized spacial score (nSPS) is 18.6. The zero-order chi connectivity index (χ0) is 13.9. The predicted molar refractivity (Wildman–Crippen MR) is 70.0 cm³/mol. The van der Waals surface area contributed by atoms with E-state index in [1.165, 1.54) is 0 Å². The van der Waals surface area contributed by atoms with Gasteiger partial charge in [-0.25, -0.2) is 0 Å². The minimum absolute atomic E-state index is 0.0335. The van der Waals surface area contributed by atoms with Crippen LogP contribution in [0.25, 0.3) is 11.4 Å². The molecule has 1 aromatic carbocycles. The lowest BCUT2D eigenvalue weighted by molar-refractivity contribution is -0.121. The van der Waals surface area contributed by atoms with Gasteiger partial charge < -0.3 is 14.6 Å². The summed E-state index contributed by atoms with van der Waals surface area (Å²) in [6.07, 6.45) is 0. The number of methoxy groups -OCH3 is 1. The number of carbonyl (C=O) groups is 1. The van der Waals surface area contributed by atoms with Crippen LogP contribution in [0.3, 0.4) is 0 Å². The number of aromatic nitrogens is 2. The molecule has 1 fully saturated rings. The highest BCUT2D eigenvalue weighted by Crippen LogP contribution is 2.22. The largest absolute Gasteiger partial charge is 0.497 e. The molecule has 1 aromatic heterocycles. The van der Waals surface area contributed by atoms with Gasteiger partial charge >= 0.3 is 0 Å². The second-order valence-electron chi connectivity index (χ2n) is 4.43. The van der Waals surface area contributed by atoms with E-state index in [1.54, 1.807) is 7.11 Å². The van der Waals surface area contributed by atoms with Gasteiger partial charge in [0.1, 0.15) is 11.8 Å². The molecule has 7 heteroatoms. The first kappa shape index (κ1) is 12.6. The van der Waals surface area contributed by atoms with Crippen molar-refractivity contribution in [2.24, 2.45) is 0 Å². The molecule has 0 radical (unpaired) electrons. The van der Waals surface area contributed by atoms with Crippen LogP contribution >= 0.6 is 0 Å². The highest BCUT2D eigenvalue weighted by atomic mass is 16.5. The molecule has 2 aromatic rings. The third-order valence-electron chi connectivity index (χ3n) is 3.08. The number of nitrogens with zero attached hydrogens (tertiary/aromatic N) is 2. The molecule has 104 valence electrons. The van der Waals surface area contributed by atoms with Gasteiger partial charge in [0.2, 0.25) is 17.6 Å². The van der Waals surface area contributed by atoms with Gasteiger partial charge in [-0.2, -0.15) is 4.98 Å². The summed E-state index contributed by atoms with van der Waals surface area (Å²) in [5.41, 5.74) is 0.819. The molecule has 1 amide bonds. The standard InChI is InChI=1S/C13H14N4O3/c1-19-9-4-2-3-8(5-9)12-16-13(20-17-12)10-6-15-11(18)7-14-10/h2-5,10,14H,6-7H2,1H3,(H,15,18). The van der Waals surface area contributed by atoms with Gasteiger partial charge in [0.25, 0.3) is 0 Å². The number of rotatable bonds is 3. The summed E-state index contributed by atoms with van der Waals surface area (Å²) in [4.78, 5) is 15.4. The van der Waals surface area contributed by atoms with Crippen LogP contribution in [0.15, 0.2) is 28.8 Å². The highest BCUT2D eigenvalue weighted by molar-refractivity contribution is 5.78. The van der Waals surface area contributed by atoms with E-state index in [1.807, 2.05) is 24.3 Å². The summed E-state index contributed by atoms with van der Waals surface area (Å²) in [7, 11) is 1.61. The van der Waals surface area contributed by atoms with Gasteiger partial charge in [-0.05, 0) is 12.1 Å². The van der Waals surface area contributed by atoms with Crippen LogP contribution in [0.4, 0.5) is 0 Å². The van der Waals surface area contributed by atoms with Gasteiger partial charge in [0, 0.05) is 12.1 Å². The maximum absolute atomic E-state index is 11.1. The number of nitrogens with one attached hydrogen (secondary N) is 2. The van der Waals surface area contributed by atoms with Crippen molar-refractivity contribution >= 4 is 5.91 Å². The lowest BCUT2D eigenvalue weighted by Crippen LogP contribution is -2.47. The Kier molecular flexibility index (Phi) is 3.34. The quantitative estimate of drug-likeness (QED) is 0.847. The SMILES string of the molecule is COc1cccc(-c2noc(C3CNC(=O)CN3)n2)c1. The number of carbonyl (C=O) groups excluding carboxylic acids is 1. The van der Waals surface area contributed by atoms with Crippen molar-refractivity contribution in [2.75, 3.05) is 20.2 Å². The summed E-state index contributed by atoms with van der Waals surface area (Å²) in [6, 6.07) is 7.28. The lowest BCUT2D eigenvalue weighted by atomic mass is 10.2. The molecule has 3 rings (SSSR count). The van der Waals surface area contributed by atoms with Crippen molar-refractivity contribution < 1.29 is 14.1 Å². The molecule has 0 saturated carbocycles. The average Bonchev–Trinajstić information content (AvgIpc) is 2.98. The van der Waals surface area contributed by atoms with Gasteiger partial charge in [-0.3, -0.25) is 10.1 Å². The van der Waals surface area contributed by atoms with Gasteiger partial charge in [-0.15, -0.1) is 0 Å². The number of hydrogen-bond acceptors (Lipinski definition) is 6. The first-order valence-corrected chi connectivity index (χ1v) is 6.24. The number of amides is 1. The summed E-state index contributed by atoms with van der Waals surface area (Å²) in [6.45, 7) is 0.695. The van der Waals surface area contributed by atoms with Crippen molar-refractivity contribution in [3.8, 4) is 17.1 Å². The Morgan fingerprint density at radius 3 is 3.10 bits per heavy atom. The molecule has 0 spiro atoms. The molecular formula is C13H14N4O3. The zero-order valence-corrected chi connectivity index (χ0v) is 10.9. The van der Waals surface area contributed by atoms with E-state index in [0.29, 0.717) is 18.3 Å². The molecule has 1 aliphatic rings. The van der Waals surface area contributed by atoms with Crippen molar-refractivity contribution in [3.63, 3.8) is 0 Å². The van der Waals surface area contributed by atoms with Gasteiger partial charge in [0.15, 0.2) is 0 Å². The fraction of sp³-hybridized carbons (Fsp3) is 0.308. The van der Waals surface area contributed by atoms with Crippen molar-refractivity contribution in [2.45, 2.75) is 6.04 Å². The Labute approximate surface area is 115 Å². The molecule has 1 unspecified atom stereocenters. The monoisotopic (exact) mass is 274 g/mol. The van der Waals surface area contributed by atoms with E-state index in [-0.39, 0.29) is 18.5 Å². The maximum Gasteiger partial charge on any atom is 0.245 e. The maximum atomic E-state index is 11.1. The van der Waals surface area contributed by atoms with Crippen LogP contribution < -0.4 is 15.4 Å². The molecule has 1 atom stereocenters. The van der Waals surface area contributed by atoms with E-state index >= 15 is 0 Å². The Hall–Kier alpha value is -2.41. The lowest BCUT2D eigenvalue weighted by Gasteiger charge is -2.20. The Bertz CT molecular complexity index is 616. The van der Waals surface area contributed by atoms with Crippen LogP contribution in [0, 0.1) is 0 Å². The number of benzene rings is 1. The number of hydrogen-bond donors (Lipinski definition) is 2. The molecule has 0 bridgehead atoms. The van der Waals surface area contributed by atoms with Gasteiger partial charge in [0.05, 0.1) is 13.7 Å². The molecule has 20 heavy (non-hydrogen) atoms. The first-order valence-electron chi connectivity index (χ1n) is 6.24. The van der Waals surface area contributed by atoms with E-state index in [9.17, 15) is 4.79 Å². The van der Waals surface area contributed by atoms with Crippen LogP contribution in [-0.2, 0) is 4.79 Å². The van der Waals surface area contributed by atoms with E-state index in [4.69, 9.17) is 9.26 Å². The summed E-state index contributed by atoms with van der Waals surface area (Å²) < 4.78 is 10.4. The molecule has 2 heterocycles. The molecule has 7 nitrogen and oxygen atoms in total. The summed E-state index contributed by atoms with van der Waals surface area (Å²) >= 11 is 0. The second-order valence-corrected chi connectivity index (χ2v) is 4.43. The van der Waals surface area contributed by atoms with Crippen molar-refractivity contribution in [3.05, 3.63) is 30.2 Å². The predicted octanol–water partition coefficient (Wildman–Crippen LogP) is 0.506. The Morgan fingerprint density at radius 1 is 1.45 bits per heavy atom. The van der Waals surface area contributed by atoms with Crippen molar-refractivity contribution in [1.29, 1.82) is 0 Å². The molecule has 2 N–H and O–H groups in total. The van der Waals surface area contributed by atoms with Crippen LogP contribution in [0.1, 0.15) is 11.9 Å². The topological polar surface area (TPSA) is 89.3 Å². The van der Waals surface area contributed by atoms with E-state index in [2.05, 4.69) is 20.8 Å². The fourth-order valence-corrected chi connectivity index (χ4v) is 2.00. The van der Waals surface area contributed by atoms with Crippen LogP contribution in [0.5, 0.6) is 5.75 Å². The van der Waals surface area contributed by atoms with Crippen molar-refractivity contribution in [1.82, 2.24) is 20.8 Å². The Morgan fingerprint density at radius 2 is 2.35 bits per heavy atom. The molecular weight excluding hydrogens is 260 g/mol. The summed E-state index contributed by atoms with van der Waals surface area (Å²) in [5.74, 6) is 1.66. The van der Waals surface area contributed by atoms with E-state index in [0.717, 1.165) is 11.3 Å². The third kappa shape index (κ3) is 2.48. The minimum atomic E-state index is -0.153. The molecule has 0 aliphatic carbocycles. The van der Waals surface area contributed by atoms with E-state index < -0.39 is 0 Å². The Balaban J connectivity index is 1.80. The van der Waals surface area contributed by atoms with Crippen LogP contribution in [0.2, 0.25) is 0 Å².